The fourth-order valence-corrected chi connectivity index (χ4v) is 2.53. The highest BCUT2D eigenvalue weighted by Gasteiger charge is 2.06. The summed E-state index contributed by atoms with van der Waals surface area (Å²) < 4.78 is 28.1. The van der Waals surface area contributed by atoms with Crippen LogP contribution in [0, 0.1) is 0 Å². The van der Waals surface area contributed by atoms with Gasteiger partial charge in [-0.05, 0) is 31.0 Å². The number of nitrogens with one attached hydrogen (secondary N) is 1. The van der Waals surface area contributed by atoms with Crippen LogP contribution in [-0.4, -0.2) is 37.8 Å². The Morgan fingerprint density at radius 1 is 1.18 bits per heavy atom. The van der Waals surface area contributed by atoms with Crippen molar-refractivity contribution in [1.29, 1.82) is 0 Å². The maximum Gasteiger partial charge on any atom is 0.218 e. The third kappa shape index (κ3) is 4.70. The second kappa shape index (κ2) is 7.22. The molecule has 0 aliphatic heterocycles. The Balaban J connectivity index is 1.90. The summed E-state index contributed by atoms with van der Waals surface area (Å²) in [7, 11) is -3.14. The van der Waals surface area contributed by atoms with Crippen molar-refractivity contribution in [3.63, 3.8) is 0 Å². The summed E-state index contributed by atoms with van der Waals surface area (Å²) >= 11 is 0. The van der Waals surface area contributed by atoms with Gasteiger partial charge in [0, 0.05) is 18.9 Å². The summed E-state index contributed by atoms with van der Waals surface area (Å²) in [6.07, 6.45) is 3.42. The molecule has 0 aliphatic carbocycles. The lowest BCUT2D eigenvalue weighted by Crippen LogP contribution is -2.07. The lowest BCUT2D eigenvalue weighted by Gasteiger charge is -2.07. The molecule has 2 rings (SSSR count). The van der Waals surface area contributed by atoms with Crippen molar-refractivity contribution in [3.05, 3.63) is 42.2 Å². The minimum atomic E-state index is -3.14. The number of benzene rings is 1. The molecule has 0 amide bonds. The van der Waals surface area contributed by atoms with E-state index in [0.717, 1.165) is 12.0 Å². The van der Waals surface area contributed by atoms with Gasteiger partial charge >= 0.3 is 0 Å². The van der Waals surface area contributed by atoms with E-state index in [1.165, 1.54) is 12.6 Å². The monoisotopic (exact) mass is 321 g/mol. The summed E-state index contributed by atoms with van der Waals surface area (Å²) in [6.45, 7) is 3.14. The summed E-state index contributed by atoms with van der Waals surface area (Å²) in [5.41, 5.74) is 1.05. The second-order valence-electron chi connectivity index (χ2n) is 4.77. The Morgan fingerprint density at radius 3 is 2.55 bits per heavy atom. The Morgan fingerprint density at radius 2 is 1.91 bits per heavy atom. The maximum atomic E-state index is 11.4. The van der Waals surface area contributed by atoms with Crippen molar-refractivity contribution in [2.75, 3.05) is 24.7 Å². The molecule has 0 bridgehead atoms. The molecule has 0 aliphatic rings. The van der Waals surface area contributed by atoms with Crippen LogP contribution in [-0.2, 0) is 16.3 Å². The number of anilines is 1. The van der Waals surface area contributed by atoms with Crippen molar-refractivity contribution < 1.29 is 13.2 Å². The van der Waals surface area contributed by atoms with Crippen molar-refractivity contribution in [2.24, 2.45) is 0 Å². The molecule has 2 aromatic rings. The quantitative estimate of drug-likeness (QED) is 0.839. The van der Waals surface area contributed by atoms with E-state index in [1.54, 1.807) is 18.2 Å². The average Bonchev–Trinajstić information content (AvgIpc) is 2.48. The van der Waals surface area contributed by atoms with E-state index in [2.05, 4.69) is 15.3 Å². The first-order valence-electron chi connectivity index (χ1n) is 6.97. The number of rotatable bonds is 7. The van der Waals surface area contributed by atoms with E-state index in [-0.39, 0.29) is 0 Å². The number of nitrogens with zero attached hydrogens (tertiary/aromatic N) is 2. The van der Waals surface area contributed by atoms with Gasteiger partial charge in [0.25, 0.3) is 0 Å². The first-order valence-corrected chi connectivity index (χ1v) is 8.86. The van der Waals surface area contributed by atoms with E-state index in [0.29, 0.717) is 29.7 Å². The molecule has 0 saturated heterocycles. The van der Waals surface area contributed by atoms with Gasteiger partial charge < -0.3 is 10.1 Å². The van der Waals surface area contributed by atoms with Crippen LogP contribution in [0.5, 0.6) is 5.88 Å². The molecule has 0 fully saturated rings. The van der Waals surface area contributed by atoms with Crippen molar-refractivity contribution in [2.45, 2.75) is 18.2 Å². The molecule has 118 valence electrons. The standard InChI is InChI=1S/C15H19N3O3S/c1-3-21-15-10-14(17-11-18-15)16-9-8-12-4-6-13(7-5-12)22(2,19)20/h4-7,10-11H,3,8-9H2,1-2H3,(H,16,17,18). The summed E-state index contributed by atoms with van der Waals surface area (Å²) in [5, 5.41) is 3.19. The number of aromatic nitrogens is 2. The number of sulfone groups is 1. The van der Waals surface area contributed by atoms with Gasteiger partial charge in [0.1, 0.15) is 12.1 Å². The van der Waals surface area contributed by atoms with Crippen molar-refractivity contribution in [1.82, 2.24) is 9.97 Å². The smallest absolute Gasteiger partial charge is 0.218 e. The SMILES string of the molecule is CCOc1cc(NCCc2ccc(S(C)(=O)=O)cc2)ncn1. The predicted octanol–water partition coefficient (Wildman–Crippen LogP) is 1.93. The summed E-state index contributed by atoms with van der Waals surface area (Å²) in [6, 6.07) is 8.65. The largest absolute Gasteiger partial charge is 0.478 e. The molecule has 0 spiro atoms. The zero-order chi connectivity index (χ0) is 16.0. The number of hydrogen-bond donors (Lipinski definition) is 1. The van der Waals surface area contributed by atoms with Crippen LogP contribution >= 0.6 is 0 Å². The van der Waals surface area contributed by atoms with Gasteiger partial charge in [-0.15, -0.1) is 0 Å². The Bertz CT molecular complexity index is 715. The zero-order valence-electron chi connectivity index (χ0n) is 12.6. The normalized spacial score (nSPS) is 11.2. The molecule has 7 heteroatoms. The minimum absolute atomic E-state index is 0.335. The van der Waals surface area contributed by atoms with E-state index in [1.807, 2.05) is 19.1 Å². The summed E-state index contributed by atoms with van der Waals surface area (Å²) in [5.74, 6) is 1.24. The van der Waals surface area contributed by atoms with Crippen LogP contribution in [0.2, 0.25) is 0 Å². The lowest BCUT2D eigenvalue weighted by atomic mass is 10.1. The molecule has 0 saturated carbocycles. The Hall–Kier alpha value is -2.15. The third-order valence-corrected chi connectivity index (χ3v) is 4.13. The first kappa shape index (κ1) is 16.2. The van der Waals surface area contributed by atoms with Crippen LogP contribution < -0.4 is 10.1 Å². The van der Waals surface area contributed by atoms with E-state index >= 15 is 0 Å². The van der Waals surface area contributed by atoms with Gasteiger partial charge in [-0.3, -0.25) is 0 Å². The minimum Gasteiger partial charge on any atom is -0.478 e. The molecule has 0 unspecified atom stereocenters. The molecule has 0 radical (unpaired) electrons. The van der Waals surface area contributed by atoms with Crippen LogP contribution in [0.15, 0.2) is 41.6 Å². The maximum absolute atomic E-state index is 11.4. The number of hydrogen-bond acceptors (Lipinski definition) is 6. The second-order valence-corrected chi connectivity index (χ2v) is 6.78. The fraction of sp³-hybridized carbons (Fsp3) is 0.333. The van der Waals surface area contributed by atoms with E-state index in [9.17, 15) is 8.42 Å². The van der Waals surface area contributed by atoms with Gasteiger partial charge in [-0.25, -0.2) is 18.4 Å². The van der Waals surface area contributed by atoms with Gasteiger partial charge in [0.15, 0.2) is 9.84 Å². The highest BCUT2D eigenvalue weighted by Crippen LogP contribution is 2.12. The molecule has 1 heterocycles. The molecule has 1 aromatic heterocycles. The molecule has 1 aromatic carbocycles. The van der Waals surface area contributed by atoms with Crippen LogP contribution in [0.1, 0.15) is 12.5 Å². The predicted molar refractivity (Wildman–Crippen MR) is 84.9 cm³/mol. The molecule has 6 nitrogen and oxygen atoms in total. The van der Waals surface area contributed by atoms with Gasteiger partial charge in [0.05, 0.1) is 11.5 Å². The first-order chi connectivity index (χ1) is 10.5. The topological polar surface area (TPSA) is 81.2 Å². The Kier molecular flexibility index (Phi) is 5.32. The van der Waals surface area contributed by atoms with Gasteiger partial charge in [-0.2, -0.15) is 0 Å². The third-order valence-electron chi connectivity index (χ3n) is 3.01. The van der Waals surface area contributed by atoms with Gasteiger partial charge in [0.2, 0.25) is 5.88 Å². The molecular weight excluding hydrogens is 302 g/mol. The van der Waals surface area contributed by atoms with Crippen molar-refractivity contribution >= 4 is 15.7 Å². The highest BCUT2D eigenvalue weighted by molar-refractivity contribution is 7.90. The van der Waals surface area contributed by atoms with Crippen LogP contribution in [0.4, 0.5) is 5.82 Å². The zero-order valence-corrected chi connectivity index (χ0v) is 13.4. The molecule has 0 atom stereocenters. The van der Waals surface area contributed by atoms with Crippen LogP contribution in [0.3, 0.4) is 0 Å². The van der Waals surface area contributed by atoms with Crippen molar-refractivity contribution in [3.8, 4) is 5.88 Å². The average molecular weight is 321 g/mol. The molecule has 22 heavy (non-hydrogen) atoms. The highest BCUT2D eigenvalue weighted by atomic mass is 32.2. The summed E-state index contributed by atoms with van der Waals surface area (Å²) in [4.78, 5) is 8.45. The van der Waals surface area contributed by atoms with Crippen LogP contribution in [0.25, 0.3) is 0 Å². The Labute approximate surface area is 130 Å². The van der Waals surface area contributed by atoms with E-state index in [4.69, 9.17) is 4.74 Å². The fourth-order valence-electron chi connectivity index (χ4n) is 1.90. The van der Waals surface area contributed by atoms with Gasteiger partial charge in [-0.1, -0.05) is 12.1 Å². The van der Waals surface area contributed by atoms with E-state index < -0.39 is 9.84 Å². The molecule has 1 N–H and O–H groups in total. The molecular formula is C15H19N3O3S. The number of ether oxygens (including phenoxy) is 1. The lowest BCUT2D eigenvalue weighted by molar-refractivity contribution is 0.326.